The van der Waals surface area contributed by atoms with Crippen LogP contribution in [-0.2, 0) is 0 Å². The van der Waals surface area contributed by atoms with Crippen molar-refractivity contribution in [1.29, 1.82) is 0 Å². The smallest absolute Gasteiger partial charge is 0.287 e. The van der Waals surface area contributed by atoms with E-state index in [0.29, 0.717) is 17.3 Å². The summed E-state index contributed by atoms with van der Waals surface area (Å²) in [5.41, 5.74) is 0.134. The number of hydrogen-bond acceptors (Lipinski definition) is 3. The van der Waals surface area contributed by atoms with E-state index < -0.39 is 4.92 Å². The largest absolute Gasteiger partial charge is 0.351 e. The Morgan fingerprint density at radius 3 is 2.89 bits per heavy atom. The molecule has 0 aromatic carbocycles. The quantitative estimate of drug-likeness (QED) is 0.505. The van der Waals surface area contributed by atoms with Crippen LogP contribution in [0.15, 0.2) is 12.3 Å². The van der Waals surface area contributed by atoms with Gasteiger partial charge in [-0.3, -0.25) is 14.9 Å². The predicted octanol–water partition coefficient (Wildman–Crippen LogP) is 2.61. The van der Waals surface area contributed by atoms with Crippen LogP contribution in [0.1, 0.15) is 36.2 Å². The van der Waals surface area contributed by atoms with E-state index in [1.807, 2.05) is 0 Å². The van der Waals surface area contributed by atoms with Crippen molar-refractivity contribution in [1.82, 2.24) is 10.3 Å². The number of hydrogen-bond donors (Lipinski definition) is 2. The molecule has 2 atom stereocenters. The molecule has 1 aliphatic carbocycles. The summed E-state index contributed by atoms with van der Waals surface area (Å²) in [6.07, 6.45) is 5.87. The van der Waals surface area contributed by atoms with E-state index in [2.05, 4.69) is 26.2 Å². The van der Waals surface area contributed by atoms with Gasteiger partial charge >= 0.3 is 0 Å². The Labute approximate surface area is 119 Å². The Hall–Kier alpha value is -1.37. The van der Waals surface area contributed by atoms with Crippen molar-refractivity contribution in [3.05, 3.63) is 28.1 Å². The molecule has 2 unspecified atom stereocenters. The minimum absolute atomic E-state index is 0.0961. The monoisotopic (exact) mass is 329 g/mol. The SMILES string of the molecule is O=C(NCC1CCCCC1Br)c1cc([N+](=O)[O-])c[nH]1. The summed E-state index contributed by atoms with van der Waals surface area (Å²) in [7, 11) is 0. The van der Waals surface area contributed by atoms with Gasteiger partial charge in [0.15, 0.2) is 0 Å². The van der Waals surface area contributed by atoms with Crippen LogP contribution in [0, 0.1) is 16.0 Å². The van der Waals surface area contributed by atoms with Gasteiger partial charge in [-0.15, -0.1) is 0 Å². The van der Waals surface area contributed by atoms with Gasteiger partial charge in [-0.1, -0.05) is 28.8 Å². The first kappa shape index (κ1) is 14.0. The van der Waals surface area contributed by atoms with Gasteiger partial charge in [0.1, 0.15) is 5.69 Å². The van der Waals surface area contributed by atoms with Crippen LogP contribution in [0.25, 0.3) is 0 Å². The Balaban J connectivity index is 1.88. The lowest BCUT2D eigenvalue weighted by molar-refractivity contribution is -0.384. The molecule has 19 heavy (non-hydrogen) atoms. The maximum atomic E-state index is 11.8. The number of H-pyrrole nitrogens is 1. The molecule has 104 valence electrons. The summed E-state index contributed by atoms with van der Waals surface area (Å²) in [5.74, 6) is 0.140. The van der Waals surface area contributed by atoms with Crippen LogP contribution in [-0.4, -0.2) is 27.2 Å². The third-order valence-corrected chi connectivity index (χ3v) is 4.67. The summed E-state index contributed by atoms with van der Waals surface area (Å²) in [5, 5.41) is 13.4. The molecule has 1 saturated carbocycles. The minimum atomic E-state index is -0.525. The number of halogens is 1. The maximum Gasteiger partial charge on any atom is 0.287 e. The van der Waals surface area contributed by atoms with Crippen molar-refractivity contribution in [3.63, 3.8) is 0 Å². The molecule has 1 fully saturated rings. The van der Waals surface area contributed by atoms with Gasteiger partial charge in [0.2, 0.25) is 0 Å². The lowest BCUT2D eigenvalue weighted by Gasteiger charge is -2.27. The standard InChI is InChI=1S/C12H16BrN3O3/c13-10-4-2-1-3-8(10)6-15-12(17)11-5-9(7-14-11)16(18)19/h5,7-8,10,14H,1-4,6H2,(H,15,17). The molecule has 0 bridgehead atoms. The van der Waals surface area contributed by atoms with Crippen molar-refractivity contribution in [3.8, 4) is 0 Å². The first-order chi connectivity index (χ1) is 9.08. The molecular weight excluding hydrogens is 314 g/mol. The van der Waals surface area contributed by atoms with E-state index in [9.17, 15) is 14.9 Å². The van der Waals surface area contributed by atoms with Crippen LogP contribution < -0.4 is 5.32 Å². The van der Waals surface area contributed by atoms with E-state index in [-0.39, 0.29) is 17.3 Å². The summed E-state index contributed by atoms with van der Waals surface area (Å²) in [4.78, 5) is 24.9. The van der Waals surface area contributed by atoms with Crippen LogP contribution in [0.2, 0.25) is 0 Å². The first-order valence-corrected chi connectivity index (χ1v) is 7.24. The Morgan fingerprint density at radius 1 is 1.53 bits per heavy atom. The zero-order valence-electron chi connectivity index (χ0n) is 10.4. The van der Waals surface area contributed by atoms with Gasteiger partial charge in [-0.05, 0) is 18.8 Å². The Kier molecular flexibility index (Phi) is 4.57. The Morgan fingerprint density at radius 2 is 2.26 bits per heavy atom. The van der Waals surface area contributed by atoms with E-state index in [1.165, 1.54) is 25.1 Å². The van der Waals surface area contributed by atoms with E-state index in [0.717, 1.165) is 12.8 Å². The average Bonchev–Trinajstić information content (AvgIpc) is 2.87. The molecule has 7 heteroatoms. The number of aromatic amines is 1. The van der Waals surface area contributed by atoms with Crippen LogP contribution in [0.3, 0.4) is 0 Å². The second kappa shape index (κ2) is 6.18. The lowest BCUT2D eigenvalue weighted by Crippen LogP contribution is -2.34. The molecule has 2 rings (SSSR count). The number of nitrogens with zero attached hydrogens (tertiary/aromatic N) is 1. The second-order valence-electron chi connectivity index (χ2n) is 4.80. The van der Waals surface area contributed by atoms with E-state index >= 15 is 0 Å². The summed E-state index contributed by atoms with van der Waals surface area (Å²) in [6.45, 7) is 0.599. The van der Waals surface area contributed by atoms with E-state index in [1.54, 1.807) is 0 Å². The highest BCUT2D eigenvalue weighted by Crippen LogP contribution is 2.29. The molecule has 0 radical (unpaired) electrons. The normalized spacial score (nSPS) is 23.0. The van der Waals surface area contributed by atoms with Gasteiger partial charge in [-0.25, -0.2) is 0 Å². The molecule has 1 heterocycles. The minimum Gasteiger partial charge on any atom is -0.351 e. The molecule has 2 N–H and O–H groups in total. The third-order valence-electron chi connectivity index (χ3n) is 3.46. The zero-order valence-corrected chi connectivity index (χ0v) is 12.0. The molecular formula is C12H16BrN3O3. The predicted molar refractivity (Wildman–Crippen MR) is 74.5 cm³/mol. The highest BCUT2D eigenvalue weighted by atomic mass is 79.9. The number of carbonyl (C=O) groups excluding carboxylic acids is 1. The average molecular weight is 330 g/mol. The maximum absolute atomic E-state index is 11.8. The highest BCUT2D eigenvalue weighted by Gasteiger charge is 2.23. The number of nitrogens with one attached hydrogen (secondary N) is 2. The molecule has 1 aromatic rings. The number of alkyl halides is 1. The fourth-order valence-corrected chi connectivity index (χ4v) is 3.11. The lowest BCUT2D eigenvalue weighted by atomic mass is 9.89. The van der Waals surface area contributed by atoms with Gasteiger partial charge < -0.3 is 10.3 Å². The van der Waals surface area contributed by atoms with E-state index in [4.69, 9.17) is 0 Å². The Bertz CT molecular complexity index is 475. The number of amides is 1. The molecule has 6 nitrogen and oxygen atoms in total. The zero-order chi connectivity index (χ0) is 13.8. The first-order valence-electron chi connectivity index (χ1n) is 6.33. The number of rotatable bonds is 4. The summed E-state index contributed by atoms with van der Waals surface area (Å²) in [6, 6.07) is 1.25. The van der Waals surface area contributed by atoms with Crippen molar-refractivity contribution < 1.29 is 9.72 Å². The van der Waals surface area contributed by atoms with Crippen molar-refractivity contribution >= 4 is 27.5 Å². The molecule has 1 amide bonds. The topological polar surface area (TPSA) is 88.0 Å². The van der Waals surface area contributed by atoms with Crippen molar-refractivity contribution in [2.75, 3.05) is 6.54 Å². The molecule has 0 aliphatic heterocycles. The fraction of sp³-hybridized carbons (Fsp3) is 0.583. The van der Waals surface area contributed by atoms with Gasteiger partial charge in [-0.2, -0.15) is 0 Å². The highest BCUT2D eigenvalue weighted by molar-refractivity contribution is 9.09. The summed E-state index contributed by atoms with van der Waals surface area (Å²) >= 11 is 3.64. The van der Waals surface area contributed by atoms with Gasteiger partial charge in [0.25, 0.3) is 11.6 Å². The second-order valence-corrected chi connectivity index (χ2v) is 5.98. The number of carbonyl (C=O) groups is 1. The molecule has 1 aliphatic rings. The van der Waals surface area contributed by atoms with Crippen LogP contribution >= 0.6 is 15.9 Å². The van der Waals surface area contributed by atoms with Crippen molar-refractivity contribution in [2.45, 2.75) is 30.5 Å². The molecule has 1 aromatic heterocycles. The number of aromatic nitrogens is 1. The van der Waals surface area contributed by atoms with Crippen LogP contribution in [0.5, 0.6) is 0 Å². The fourth-order valence-electron chi connectivity index (χ4n) is 2.33. The molecule has 0 saturated heterocycles. The number of nitro groups is 1. The van der Waals surface area contributed by atoms with Crippen molar-refractivity contribution in [2.24, 2.45) is 5.92 Å². The van der Waals surface area contributed by atoms with Gasteiger partial charge in [0, 0.05) is 17.4 Å². The third kappa shape index (κ3) is 3.56. The summed E-state index contributed by atoms with van der Waals surface area (Å²) < 4.78 is 0. The van der Waals surface area contributed by atoms with Gasteiger partial charge in [0.05, 0.1) is 11.1 Å². The van der Waals surface area contributed by atoms with Crippen LogP contribution in [0.4, 0.5) is 5.69 Å². The molecule has 0 spiro atoms.